The van der Waals surface area contributed by atoms with Crippen molar-refractivity contribution in [2.24, 2.45) is 4.99 Å². The molecule has 0 saturated carbocycles. The number of hydrogen-bond donors (Lipinski definition) is 1. The molecule has 0 spiro atoms. The third-order valence-electron chi connectivity index (χ3n) is 5.95. The van der Waals surface area contributed by atoms with E-state index in [0.29, 0.717) is 22.8 Å². The van der Waals surface area contributed by atoms with E-state index in [0.717, 1.165) is 36.1 Å². The van der Waals surface area contributed by atoms with Crippen LogP contribution in [0.5, 0.6) is 0 Å². The third kappa shape index (κ3) is 5.45. The lowest BCUT2D eigenvalue weighted by atomic mass is 9.94. The van der Waals surface area contributed by atoms with Gasteiger partial charge in [-0.1, -0.05) is 35.5 Å². The Labute approximate surface area is 203 Å². The Bertz CT molecular complexity index is 1020. The number of hydrogen-bond acceptors (Lipinski definition) is 7. The quantitative estimate of drug-likeness (QED) is 0.556. The van der Waals surface area contributed by atoms with Gasteiger partial charge < -0.3 is 19.9 Å². The lowest BCUT2D eigenvalue weighted by molar-refractivity contribution is -0.139. The van der Waals surface area contributed by atoms with E-state index in [1.54, 1.807) is 13.0 Å². The number of allylic oxidation sites excluding steroid dienone is 1. The predicted molar refractivity (Wildman–Crippen MR) is 132 cm³/mol. The molecule has 0 radical (unpaired) electrons. The van der Waals surface area contributed by atoms with Gasteiger partial charge in [-0.05, 0) is 62.9 Å². The maximum atomic E-state index is 12.9. The molecular formula is C24H29ClN4O3S. The molecule has 4 rings (SSSR count). The molecule has 1 saturated heterocycles. The number of ether oxygens (including phenoxy) is 1. The normalized spacial score (nSPS) is 20.5. The monoisotopic (exact) mass is 488 g/mol. The molecule has 7 nitrogen and oxygen atoms in total. The highest BCUT2D eigenvalue weighted by Gasteiger charge is 2.41. The highest BCUT2D eigenvalue weighted by atomic mass is 35.5. The number of fused-ring (bicyclic) bond motifs is 1. The summed E-state index contributed by atoms with van der Waals surface area (Å²) in [5, 5.41) is 6.30. The van der Waals surface area contributed by atoms with Crippen LogP contribution < -0.4 is 5.32 Å². The molecule has 1 unspecified atom stereocenters. The van der Waals surface area contributed by atoms with Crippen molar-refractivity contribution in [1.29, 1.82) is 0 Å². The zero-order chi connectivity index (χ0) is 23.4. The average Bonchev–Trinajstić information content (AvgIpc) is 3.43. The molecule has 1 aromatic carbocycles. The summed E-state index contributed by atoms with van der Waals surface area (Å²) in [6.45, 7) is 7.58. The van der Waals surface area contributed by atoms with Crippen LogP contribution in [0.3, 0.4) is 0 Å². The van der Waals surface area contributed by atoms with E-state index in [-0.39, 0.29) is 18.9 Å². The summed E-state index contributed by atoms with van der Waals surface area (Å²) in [6.07, 6.45) is 2.67. The average molecular weight is 489 g/mol. The second-order valence-electron chi connectivity index (χ2n) is 8.24. The number of rotatable bonds is 8. The molecule has 1 fully saturated rings. The Hall–Kier alpha value is -2.29. The van der Waals surface area contributed by atoms with Crippen LogP contribution in [0.1, 0.15) is 44.7 Å². The maximum Gasteiger partial charge on any atom is 0.338 e. The van der Waals surface area contributed by atoms with Gasteiger partial charge in [0.1, 0.15) is 0 Å². The molecular weight excluding hydrogens is 460 g/mol. The minimum absolute atomic E-state index is 0.0453. The van der Waals surface area contributed by atoms with E-state index in [2.05, 4.69) is 15.2 Å². The molecule has 0 aliphatic carbocycles. The number of likely N-dealkylation sites (tertiary alicyclic amines) is 1. The highest BCUT2D eigenvalue weighted by molar-refractivity contribution is 8.16. The second-order valence-corrected chi connectivity index (χ2v) is 9.52. The first-order valence-electron chi connectivity index (χ1n) is 11.3. The van der Waals surface area contributed by atoms with Gasteiger partial charge >= 0.3 is 5.97 Å². The van der Waals surface area contributed by atoms with Gasteiger partial charge in [0.15, 0.2) is 5.17 Å². The van der Waals surface area contributed by atoms with Gasteiger partial charge in [0, 0.05) is 23.8 Å². The van der Waals surface area contributed by atoms with E-state index in [4.69, 9.17) is 16.3 Å². The molecule has 33 heavy (non-hydrogen) atoms. The topological polar surface area (TPSA) is 74.2 Å². The SMILES string of the molecule is CCOC(=O)C1=C(C)N=C2SC=C(CC(=O)NCCN3CCCC3)N2C1c1cccc(Cl)c1. The summed E-state index contributed by atoms with van der Waals surface area (Å²) in [5.74, 6) is -0.454. The zero-order valence-electron chi connectivity index (χ0n) is 19.0. The Kier molecular flexibility index (Phi) is 7.78. The van der Waals surface area contributed by atoms with Gasteiger partial charge in [0.05, 0.1) is 30.3 Å². The van der Waals surface area contributed by atoms with E-state index < -0.39 is 12.0 Å². The number of aliphatic imine (C=N–C) groups is 1. The molecule has 0 bridgehead atoms. The molecule has 3 aliphatic rings. The lowest BCUT2D eigenvalue weighted by Gasteiger charge is -2.36. The first-order valence-corrected chi connectivity index (χ1v) is 12.6. The van der Waals surface area contributed by atoms with Crippen LogP contribution in [0.4, 0.5) is 0 Å². The van der Waals surface area contributed by atoms with Gasteiger partial charge in [0.2, 0.25) is 5.91 Å². The van der Waals surface area contributed by atoms with Crippen LogP contribution in [0.2, 0.25) is 5.02 Å². The molecule has 0 aromatic heterocycles. The Morgan fingerprint density at radius 1 is 1.30 bits per heavy atom. The number of nitrogens with zero attached hydrogens (tertiary/aromatic N) is 3. The van der Waals surface area contributed by atoms with Gasteiger partial charge in [-0.15, -0.1) is 0 Å². The number of amides is 1. The summed E-state index contributed by atoms with van der Waals surface area (Å²) in [4.78, 5) is 34.7. The predicted octanol–water partition coefficient (Wildman–Crippen LogP) is 4.08. The first kappa shape index (κ1) is 23.9. The molecule has 1 aromatic rings. The minimum atomic E-state index is -0.464. The Morgan fingerprint density at radius 3 is 2.82 bits per heavy atom. The van der Waals surface area contributed by atoms with Crippen molar-refractivity contribution >= 4 is 40.4 Å². The van der Waals surface area contributed by atoms with Crippen molar-refractivity contribution in [3.8, 4) is 0 Å². The van der Waals surface area contributed by atoms with Crippen LogP contribution >= 0.6 is 23.4 Å². The molecule has 9 heteroatoms. The minimum Gasteiger partial charge on any atom is -0.463 e. The van der Waals surface area contributed by atoms with Crippen molar-refractivity contribution in [2.75, 3.05) is 32.8 Å². The van der Waals surface area contributed by atoms with Crippen LogP contribution in [-0.4, -0.2) is 59.6 Å². The van der Waals surface area contributed by atoms with Crippen molar-refractivity contribution in [3.63, 3.8) is 0 Å². The van der Waals surface area contributed by atoms with E-state index in [9.17, 15) is 9.59 Å². The number of halogens is 1. The summed E-state index contributed by atoms with van der Waals surface area (Å²) in [7, 11) is 0. The molecule has 1 atom stereocenters. The number of benzene rings is 1. The Morgan fingerprint density at radius 2 is 2.09 bits per heavy atom. The lowest BCUT2D eigenvalue weighted by Crippen LogP contribution is -2.39. The summed E-state index contributed by atoms with van der Waals surface area (Å²) in [6, 6.07) is 6.97. The number of carbonyl (C=O) groups excluding carboxylic acids is 2. The summed E-state index contributed by atoms with van der Waals surface area (Å²) in [5.41, 5.74) is 2.73. The van der Waals surface area contributed by atoms with Crippen molar-refractivity contribution in [1.82, 2.24) is 15.1 Å². The van der Waals surface area contributed by atoms with Gasteiger partial charge in [-0.3, -0.25) is 4.79 Å². The largest absolute Gasteiger partial charge is 0.463 e. The second kappa shape index (κ2) is 10.8. The molecule has 1 N–H and O–H groups in total. The van der Waals surface area contributed by atoms with Crippen LogP contribution in [0, 0.1) is 0 Å². The first-order chi connectivity index (χ1) is 16.0. The van der Waals surface area contributed by atoms with Crippen LogP contribution in [0.15, 0.2) is 51.6 Å². The van der Waals surface area contributed by atoms with Crippen LogP contribution in [0.25, 0.3) is 0 Å². The summed E-state index contributed by atoms with van der Waals surface area (Å²) < 4.78 is 5.36. The van der Waals surface area contributed by atoms with Gasteiger partial charge in [-0.2, -0.15) is 0 Å². The fourth-order valence-corrected chi connectivity index (χ4v) is 5.58. The van der Waals surface area contributed by atoms with E-state index in [1.165, 1.54) is 24.6 Å². The number of esters is 1. The number of amidine groups is 1. The molecule has 176 valence electrons. The number of nitrogens with one attached hydrogen (secondary N) is 1. The fourth-order valence-electron chi connectivity index (χ4n) is 4.42. The van der Waals surface area contributed by atoms with Crippen molar-refractivity contribution in [2.45, 2.75) is 39.2 Å². The number of thioether (sulfide) groups is 1. The number of carbonyl (C=O) groups is 2. The van der Waals surface area contributed by atoms with Crippen molar-refractivity contribution in [3.05, 3.63) is 57.2 Å². The third-order valence-corrected chi connectivity index (χ3v) is 7.07. The van der Waals surface area contributed by atoms with Crippen molar-refractivity contribution < 1.29 is 14.3 Å². The zero-order valence-corrected chi connectivity index (χ0v) is 20.5. The highest BCUT2D eigenvalue weighted by Crippen LogP contribution is 2.45. The molecule has 1 amide bonds. The van der Waals surface area contributed by atoms with Gasteiger partial charge in [-0.25, -0.2) is 9.79 Å². The smallest absolute Gasteiger partial charge is 0.338 e. The Balaban J connectivity index is 1.55. The standard InChI is InChI=1S/C24H29ClN4O3S/c1-3-32-23(31)21-16(2)27-24-29(22(21)17-7-6-8-18(25)13-17)19(15-33-24)14-20(30)26-9-12-28-10-4-5-11-28/h6-8,13,15,22H,3-5,9-12,14H2,1-2H3,(H,26,30). The maximum absolute atomic E-state index is 12.9. The van der Waals surface area contributed by atoms with Gasteiger partial charge in [0.25, 0.3) is 0 Å². The molecule has 3 heterocycles. The van der Waals surface area contributed by atoms with Crippen LogP contribution in [-0.2, 0) is 14.3 Å². The molecule has 3 aliphatic heterocycles. The van der Waals surface area contributed by atoms with E-state index >= 15 is 0 Å². The summed E-state index contributed by atoms with van der Waals surface area (Å²) >= 11 is 7.76. The van der Waals surface area contributed by atoms with E-state index in [1.807, 2.05) is 35.4 Å². The fraction of sp³-hybridized carbons (Fsp3) is 0.458.